The molecule has 0 saturated heterocycles. The third-order valence-electron chi connectivity index (χ3n) is 2.29. The summed E-state index contributed by atoms with van der Waals surface area (Å²) in [7, 11) is 0. The van der Waals surface area contributed by atoms with E-state index in [-0.39, 0.29) is 11.9 Å². The molecule has 6 nitrogen and oxygen atoms in total. The summed E-state index contributed by atoms with van der Waals surface area (Å²) in [5, 5.41) is 1.48. The molecule has 0 aromatic heterocycles. The Bertz CT molecular complexity index is 402. The molecule has 18 heavy (non-hydrogen) atoms. The Hall–Kier alpha value is -1.74. The van der Waals surface area contributed by atoms with Gasteiger partial charge >= 0.3 is 0 Å². The first-order valence-corrected chi connectivity index (χ1v) is 6.05. The van der Waals surface area contributed by atoms with Crippen molar-refractivity contribution in [2.45, 2.75) is 45.7 Å². The van der Waals surface area contributed by atoms with Crippen molar-refractivity contribution in [3.05, 3.63) is 0 Å². The molecule has 0 radical (unpaired) electrons. The zero-order valence-corrected chi connectivity index (χ0v) is 11.2. The summed E-state index contributed by atoms with van der Waals surface area (Å²) in [6, 6.07) is 0. The van der Waals surface area contributed by atoms with Gasteiger partial charge in [0, 0.05) is 12.8 Å². The number of hydrogen-bond donors (Lipinski definition) is 2. The first kappa shape index (κ1) is 14.3. The molecule has 6 heteroatoms. The highest BCUT2D eigenvalue weighted by atomic mass is 16.7. The fraction of sp³-hybridized carbons (Fsp3) is 0.667. The molecule has 1 rings (SSSR count). The molecule has 0 aliphatic carbocycles. The summed E-state index contributed by atoms with van der Waals surface area (Å²) < 4.78 is 0. The van der Waals surface area contributed by atoms with Crippen LogP contribution in [0.4, 0.5) is 0 Å². The zero-order chi connectivity index (χ0) is 13.6. The third-order valence-corrected chi connectivity index (χ3v) is 2.29. The van der Waals surface area contributed by atoms with Crippen molar-refractivity contribution in [1.29, 1.82) is 0 Å². The van der Waals surface area contributed by atoms with Crippen LogP contribution < -0.4 is 11.5 Å². The zero-order valence-electron chi connectivity index (χ0n) is 11.2. The normalized spacial score (nSPS) is 17.6. The molecule has 1 aliphatic heterocycles. The molecule has 1 aliphatic rings. The number of unbranched alkanes of at least 4 members (excludes halogenated alkanes) is 1. The van der Waals surface area contributed by atoms with E-state index in [1.165, 1.54) is 5.06 Å². The van der Waals surface area contributed by atoms with E-state index < -0.39 is 5.66 Å². The smallest absolute Gasteiger partial charge is 0.226 e. The van der Waals surface area contributed by atoms with Crippen LogP contribution >= 0.6 is 0 Å². The van der Waals surface area contributed by atoms with Crippen LogP contribution in [0.5, 0.6) is 0 Å². The molecular formula is C12H21N5O. The van der Waals surface area contributed by atoms with E-state index in [1.54, 1.807) is 0 Å². The maximum absolute atomic E-state index is 5.77. The third kappa shape index (κ3) is 3.93. The van der Waals surface area contributed by atoms with Crippen LogP contribution in [0, 0.1) is 11.8 Å². The summed E-state index contributed by atoms with van der Waals surface area (Å²) in [5.41, 5.74) is 10.7. The van der Waals surface area contributed by atoms with Crippen molar-refractivity contribution < 1.29 is 4.84 Å². The standard InChI is InChI=1S/C12H21N5O/c1-4-5-6-7-8-9-18-17-11(14)15-10(13)16-12(17,2)3/h4,7-9H2,1-3H3,(H4,13,14,15,16). The molecule has 0 saturated carbocycles. The van der Waals surface area contributed by atoms with E-state index in [0.29, 0.717) is 6.61 Å². The lowest BCUT2D eigenvalue weighted by Gasteiger charge is -2.36. The Morgan fingerprint density at radius 2 is 2.06 bits per heavy atom. The lowest BCUT2D eigenvalue weighted by molar-refractivity contribution is -0.157. The molecule has 0 aromatic carbocycles. The number of hydrogen-bond acceptors (Lipinski definition) is 6. The average molecular weight is 251 g/mol. The number of guanidine groups is 2. The SMILES string of the molecule is CCC#CCCCON1C(N)=NC(N)=NC1(C)C. The van der Waals surface area contributed by atoms with Crippen molar-refractivity contribution in [1.82, 2.24) is 5.06 Å². The summed E-state index contributed by atoms with van der Waals surface area (Å²) in [4.78, 5) is 13.6. The monoisotopic (exact) mass is 251 g/mol. The molecule has 0 fully saturated rings. The minimum atomic E-state index is -0.634. The molecule has 0 atom stereocenters. The Morgan fingerprint density at radius 1 is 1.33 bits per heavy atom. The second-order valence-electron chi connectivity index (χ2n) is 4.37. The van der Waals surface area contributed by atoms with Crippen LogP contribution in [0.25, 0.3) is 0 Å². The maximum Gasteiger partial charge on any atom is 0.226 e. The van der Waals surface area contributed by atoms with Gasteiger partial charge in [0.15, 0.2) is 5.66 Å². The number of aliphatic imine (C=N–C) groups is 2. The summed E-state index contributed by atoms with van der Waals surface area (Å²) >= 11 is 0. The van der Waals surface area contributed by atoms with Gasteiger partial charge in [0.05, 0.1) is 6.61 Å². The number of nitrogens with two attached hydrogens (primary N) is 2. The van der Waals surface area contributed by atoms with E-state index in [2.05, 4.69) is 21.8 Å². The van der Waals surface area contributed by atoms with E-state index in [0.717, 1.165) is 19.3 Å². The van der Waals surface area contributed by atoms with Gasteiger partial charge in [0.2, 0.25) is 11.9 Å². The van der Waals surface area contributed by atoms with Crippen LogP contribution in [0.15, 0.2) is 9.98 Å². The van der Waals surface area contributed by atoms with E-state index in [9.17, 15) is 0 Å². The fourth-order valence-electron chi connectivity index (χ4n) is 1.55. The van der Waals surface area contributed by atoms with Crippen LogP contribution in [-0.2, 0) is 4.84 Å². The van der Waals surface area contributed by atoms with Crippen molar-refractivity contribution in [3.8, 4) is 11.8 Å². The Labute approximate surface area is 108 Å². The van der Waals surface area contributed by atoms with Gasteiger partial charge in [-0.15, -0.1) is 11.8 Å². The summed E-state index contributed by atoms with van der Waals surface area (Å²) in [5.74, 6) is 6.47. The van der Waals surface area contributed by atoms with Crippen LogP contribution in [0.2, 0.25) is 0 Å². The van der Waals surface area contributed by atoms with Crippen LogP contribution in [0.1, 0.15) is 40.0 Å². The molecule has 0 bridgehead atoms. The maximum atomic E-state index is 5.77. The van der Waals surface area contributed by atoms with E-state index >= 15 is 0 Å². The number of nitrogens with zero attached hydrogens (tertiary/aromatic N) is 3. The molecular weight excluding hydrogens is 230 g/mol. The Morgan fingerprint density at radius 3 is 2.67 bits per heavy atom. The Kier molecular flexibility index (Phi) is 4.98. The van der Waals surface area contributed by atoms with E-state index in [4.69, 9.17) is 16.3 Å². The molecule has 0 unspecified atom stereocenters. The van der Waals surface area contributed by atoms with Crippen molar-refractivity contribution in [2.24, 2.45) is 21.5 Å². The van der Waals surface area contributed by atoms with Gasteiger partial charge < -0.3 is 11.5 Å². The van der Waals surface area contributed by atoms with Crippen molar-refractivity contribution >= 4 is 11.9 Å². The molecule has 0 spiro atoms. The quantitative estimate of drug-likeness (QED) is 0.571. The van der Waals surface area contributed by atoms with Crippen molar-refractivity contribution in [3.63, 3.8) is 0 Å². The van der Waals surface area contributed by atoms with Gasteiger partial charge in [0.25, 0.3) is 0 Å². The fourth-order valence-corrected chi connectivity index (χ4v) is 1.55. The lowest BCUT2D eigenvalue weighted by Crippen LogP contribution is -2.53. The van der Waals surface area contributed by atoms with Crippen LogP contribution in [-0.4, -0.2) is 29.3 Å². The summed E-state index contributed by atoms with van der Waals surface area (Å²) in [6.45, 7) is 6.27. The van der Waals surface area contributed by atoms with Gasteiger partial charge in [-0.25, -0.2) is 4.99 Å². The highest BCUT2D eigenvalue weighted by Gasteiger charge is 2.32. The number of hydroxylamine groups is 2. The minimum Gasteiger partial charge on any atom is -0.368 e. The minimum absolute atomic E-state index is 0.172. The lowest BCUT2D eigenvalue weighted by atomic mass is 10.2. The van der Waals surface area contributed by atoms with Gasteiger partial charge in [-0.1, -0.05) is 6.92 Å². The first-order chi connectivity index (χ1) is 8.47. The van der Waals surface area contributed by atoms with Gasteiger partial charge in [-0.3, -0.25) is 4.84 Å². The first-order valence-electron chi connectivity index (χ1n) is 6.05. The highest BCUT2D eigenvalue weighted by Crippen LogP contribution is 2.19. The molecule has 4 N–H and O–H groups in total. The van der Waals surface area contributed by atoms with Crippen molar-refractivity contribution in [2.75, 3.05) is 6.61 Å². The predicted octanol–water partition coefficient (Wildman–Crippen LogP) is 0.793. The average Bonchev–Trinajstić information content (AvgIpc) is 2.24. The molecule has 100 valence electrons. The molecule has 0 aromatic rings. The van der Waals surface area contributed by atoms with Crippen LogP contribution in [0.3, 0.4) is 0 Å². The second-order valence-corrected chi connectivity index (χ2v) is 4.37. The van der Waals surface area contributed by atoms with E-state index in [1.807, 2.05) is 20.8 Å². The predicted molar refractivity (Wildman–Crippen MR) is 72.4 cm³/mol. The Balaban J connectivity index is 2.45. The topological polar surface area (TPSA) is 89.2 Å². The van der Waals surface area contributed by atoms with Gasteiger partial charge in [-0.2, -0.15) is 10.1 Å². The number of rotatable bonds is 4. The second kappa shape index (κ2) is 6.26. The molecule has 1 heterocycles. The van der Waals surface area contributed by atoms with Gasteiger partial charge in [0.1, 0.15) is 0 Å². The molecule has 0 amide bonds. The summed E-state index contributed by atoms with van der Waals surface area (Å²) in [6.07, 6.45) is 2.53. The largest absolute Gasteiger partial charge is 0.368 e. The van der Waals surface area contributed by atoms with Gasteiger partial charge in [-0.05, 0) is 20.3 Å². The highest BCUT2D eigenvalue weighted by molar-refractivity contribution is 5.95.